The standard InChI is InChI=1S/C19H23NO8/c1-9(21)20-12-7-10-5-6-11(8-13(10)27-17(12)24)26-18-15(23)14(22)16(25-4)19(2,3)28-18/h5-8,14-16,18,22-23H,1-4H3,(H,20,21)/t14?,15?,16-,18?/m1/s1. The topological polar surface area (TPSA) is 127 Å². The molecule has 152 valence electrons. The molecule has 1 fully saturated rings. The summed E-state index contributed by atoms with van der Waals surface area (Å²) in [5.74, 6) is -0.114. The highest BCUT2D eigenvalue weighted by Crippen LogP contribution is 2.33. The van der Waals surface area contributed by atoms with Gasteiger partial charge in [-0.2, -0.15) is 0 Å². The van der Waals surface area contributed by atoms with Crippen LogP contribution in [0.25, 0.3) is 11.0 Å². The van der Waals surface area contributed by atoms with Crippen LogP contribution in [-0.2, 0) is 14.3 Å². The zero-order chi connectivity index (χ0) is 20.6. The Hall–Kier alpha value is -2.46. The molecule has 9 nitrogen and oxygen atoms in total. The number of hydrogen-bond acceptors (Lipinski definition) is 8. The molecular formula is C19H23NO8. The van der Waals surface area contributed by atoms with E-state index in [1.807, 2.05) is 0 Å². The van der Waals surface area contributed by atoms with E-state index >= 15 is 0 Å². The van der Waals surface area contributed by atoms with E-state index in [1.165, 1.54) is 26.2 Å². The molecule has 28 heavy (non-hydrogen) atoms. The number of methoxy groups -OCH3 is 1. The first-order valence-corrected chi connectivity index (χ1v) is 8.71. The number of aliphatic hydroxyl groups is 2. The smallest absolute Gasteiger partial charge is 0.360 e. The van der Waals surface area contributed by atoms with Crippen LogP contribution in [0.1, 0.15) is 20.8 Å². The number of aliphatic hydroxyl groups excluding tert-OH is 2. The van der Waals surface area contributed by atoms with Gasteiger partial charge in [0.15, 0.2) is 0 Å². The number of anilines is 1. The summed E-state index contributed by atoms with van der Waals surface area (Å²) in [6.45, 7) is 4.73. The first-order valence-electron chi connectivity index (χ1n) is 8.71. The highest BCUT2D eigenvalue weighted by Gasteiger charge is 2.50. The minimum atomic E-state index is -1.34. The number of carbonyl (C=O) groups is 1. The van der Waals surface area contributed by atoms with Crippen molar-refractivity contribution >= 4 is 22.6 Å². The Morgan fingerprint density at radius 2 is 1.93 bits per heavy atom. The van der Waals surface area contributed by atoms with Gasteiger partial charge in [0.05, 0.1) is 5.60 Å². The van der Waals surface area contributed by atoms with Crippen LogP contribution in [0.5, 0.6) is 5.75 Å². The zero-order valence-electron chi connectivity index (χ0n) is 16.0. The van der Waals surface area contributed by atoms with Crippen LogP contribution in [0.4, 0.5) is 5.69 Å². The van der Waals surface area contributed by atoms with Gasteiger partial charge in [-0.1, -0.05) is 0 Å². The Bertz CT molecular complexity index is 937. The summed E-state index contributed by atoms with van der Waals surface area (Å²) in [4.78, 5) is 23.1. The molecule has 2 heterocycles. The fourth-order valence-electron chi connectivity index (χ4n) is 3.28. The van der Waals surface area contributed by atoms with Crippen molar-refractivity contribution in [2.24, 2.45) is 0 Å². The number of benzene rings is 1. The van der Waals surface area contributed by atoms with E-state index in [0.29, 0.717) is 5.39 Å². The molecule has 4 atom stereocenters. The molecule has 3 rings (SSSR count). The number of fused-ring (bicyclic) bond motifs is 1. The number of amides is 1. The van der Waals surface area contributed by atoms with Crippen LogP contribution in [-0.4, -0.2) is 53.4 Å². The maximum Gasteiger partial charge on any atom is 0.360 e. The molecule has 0 bridgehead atoms. The van der Waals surface area contributed by atoms with Crippen LogP contribution < -0.4 is 15.7 Å². The lowest BCUT2D eigenvalue weighted by molar-refractivity contribution is -0.305. The molecule has 1 saturated heterocycles. The van der Waals surface area contributed by atoms with Crippen LogP contribution in [0.3, 0.4) is 0 Å². The first-order chi connectivity index (χ1) is 13.1. The van der Waals surface area contributed by atoms with Crippen LogP contribution in [0.2, 0.25) is 0 Å². The lowest BCUT2D eigenvalue weighted by atomic mass is 9.89. The third kappa shape index (κ3) is 3.88. The summed E-state index contributed by atoms with van der Waals surface area (Å²) in [5.41, 5.74) is -1.34. The summed E-state index contributed by atoms with van der Waals surface area (Å²) in [5, 5.41) is 23.6. The van der Waals surface area contributed by atoms with Gasteiger partial charge in [-0.05, 0) is 32.0 Å². The maximum absolute atomic E-state index is 12.0. The van der Waals surface area contributed by atoms with Gasteiger partial charge in [-0.25, -0.2) is 4.79 Å². The Labute approximate surface area is 160 Å². The summed E-state index contributed by atoms with van der Waals surface area (Å²) in [6.07, 6.45) is -4.44. The molecule has 0 saturated carbocycles. The van der Waals surface area contributed by atoms with E-state index in [-0.39, 0.29) is 22.9 Å². The van der Waals surface area contributed by atoms with Gasteiger partial charge < -0.3 is 34.2 Å². The Morgan fingerprint density at radius 1 is 1.21 bits per heavy atom. The van der Waals surface area contributed by atoms with Crippen molar-refractivity contribution < 1.29 is 33.6 Å². The molecule has 3 unspecified atom stereocenters. The molecule has 1 aliphatic heterocycles. The largest absolute Gasteiger partial charge is 0.462 e. The van der Waals surface area contributed by atoms with Crippen LogP contribution >= 0.6 is 0 Å². The highest BCUT2D eigenvalue weighted by molar-refractivity contribution is 5.91. The number of nitrogens with one attached hydrogen (secondary N) is 1. The summed E-state index contributed by atoms with van der Waals surface area (Å²) in [6, 6.07) is 6.19. The number of hydrogen-bond donors (Lipinski definition) is 3. The van der Waals surface area contributed by atoms with Gasteiger partial charge >= 0.3 is 5.63 Å². The van der Waals surface area contributed by atoms with E-state index in [4.69, 9.17) is 18.6 Å². The minimum Gasteiger partial charge on any atom is -0.462 e. The Balaban J connectivity index is 1.86. The van der Waals surface area contributed by atoms with Crippen LogP contribution in [0.15, 0.2) is 33.5 Å². The molecule has 1 amide bonds. The third-order valence-corrected chi connectivity index (χ3v) is 4.57. The monoisotopic (exact) mass is 393 g/mol. The molecule has 0 radical (unpaired) electrons. The highest BCUT2D eigenvalue weighted by atomic mass is 16.7. The third-order valence-electron chi connectivity index (χ3n) is 4.57. The van der Waals surface area contributed by atoms with Crippen molar-refractivity contribution in [2.45, 2.75) is 51.0 Å². The van der Waals surface area contributed by atoms with Crippen molar-refractivity contribution in [3.63, 3.8) is 0 Å². The predicted octanol–water partition coefficient (Wildman–Crippen LogP) is 1.00. The van der Waals surface area contributed by atoms with Gasteiger partial charge in [-0.15, -0.1) is 0 Å². The average Bonchev–Trinajstić information content (AvgIpc) is 2.60. The first kappa shape index (κ1) is 20.3. The maximum atomic E-state index is 12.0. The summed E-state index contributed by atoms with van der Waals surface area (Å²) in [7, 11) is 1.42. The van der Waals surface area contributed by atoms with E-state index in [2.05, 4.69) is 5.32 Å². The Morgan fingerprint density at radius 3 is 2.57 bits per heavy atom. The van der Waals surface area contributed by atoms with Crippen molar-refractivity contribution in [3.05, 3.63) is 34.7 Å². The molecule has 2 aromatic rings. The molecule has 9 heteroatoms. The van der Waals surface area contributed by atoms with Crippen LogP contribution in [0, 0.1) is 0 Å². The van der Waals surface area contributed by atoms with E-state index in [0.717, 1.165) is 0 Å². The fraction of sp³-hybridized carbons (Fsp3) is 0.474. The Kier molecular flexibility index (Phi) is 5.44. The van der Waals surface area contributed by atoms with Gasteiger partial charge in [-0.3, -0.25) is 4.79 Å². The molecular weight excluding hydrogens is 370 g/mol. The van der Waals surface area contributed by atoms with Crippen molar-refractivity contribution in [2.75, 3.05) is 12.4 Å². The number of rotatable bonds is 4. The molecule has 3 N–H and O–H groups in total. The van der Waals surface area contributed by atoms with Gasteiger partial charge in [0.2, 0.25) is 12.2 Å². The average molecular weight is 393 g/mol. The SMILES string of the molecule is CO[C@@H]1C(O)C(O)C(Oc2ccc3cc(NC(C)=O)c(=O)oc3c2)OC1(C)C. The van der Waals surface area contributed by atoms with Crippen molar-refractivity contribution in [1.82, 2.24) is 0 Å². The molecule has 1 aromatic carbocycles. The normalized spacial score (nSPS) is 26.8. The van der Waals surface area contributed by atoms with Gasteiger partial charge in [0.25, 0.3) is 0 Å². The second-order valence-corrected chi connectivity index (χ2v) is 7.17. The second-order valence-electron chi connectivity index (χ2n) is 7.17. The van der Waals surface area contributed by atoms with Gasteiger partial charge in [0.1, 0.15) is 35.3 Å². The van der Waals surface area contributed by atoms with Crippen molar-refractivity contribution in [3.8, 4) is 5.75 Å². The quantitative estimate of drug-likeness (QED) is 0.657. The summed E-state index contributed by atoms with van der Waals surface area (Å²) >= 11 is 0. The lowest BCUT2D eigenvalue weighted by Crippen LogP contribution is -2.63. The van der Waals surface area contributed by atoms with E-state index in [1.54, 1.807) is 26.0 Å². The molecule has 1 aliphatic rings. The van der Waals surface area contributed by atoms with E-state index < -0.39 is 35.8 Å². The van der Waals surface area contributed by atoms with Gasteiger partial charge in [0, 0.05) is 25.5 Å². The molecule has 0 aliphatic carbocycles. The number of ether oxygens (including phenoxy) is 3. The lowest BCUT2D eigenvalue weighted by Gasteiger charge is -2.46. The summed E-state index contributed by atoms with van der Waals surface area (Å²) < 4.78 is 21.9. The predicted molar refractivity (Wildman–Crippen MR) is 99.2 cm³/mol. The minimum absolute atomic E-state index is 0.0372. The van der Waals surface area contributed by atoms with E-state index in [9.17, 15) is 19.8 Å². The molecule has 0 spiro atoms. The fourth-order valence-corrected chi connectivity index (χ4v) is 3.28. The number of carbonyl (C=O) groups excluding carboxylic acids is 1. The molecule has 1 aromatic heterocycles. The second kappa shape index (κ2) is 7.51. The van der Waals surface area contributed by atoms with Crippen molar-refractivity contribution in [1.29, 1.82) is 0 Å². The zero-order valence-corrected chi connectivity index (χ0v) is 16.0.